The number of methoxy groups -OCH3 is 1. The molecule has 18 heavy (non-hydrogen) atoms. The van der Waals surface area contributed by atoms with E-state index in [1.54, 1.807) is 25.6 Å². The van der Waals surface area contributed by atoms with Gasteiger partial charge in [0.1, 0.15) is 5.82 Å². The second-order valence-electron chi connectivity index (χ2n) is 3.99. The molecule has 1 aromatic rings. The van der Waals surface area contributed by atoms with E-state index in [0.29, 0.717) is 24.2 Å². The van der Waals surface area contributed by atoms with Crippen LogP contribution in [0.5, 0.6) is 0 Å². The predicted octanol–water partition coefficient (Wildman–Crippen LogP) is 0.807. The molecule has 1 atom stereocenters. The van der Waals surface area contributed by atoms with Gasteiger partial charge in [0.15, 0.2) is 5.03 Å². The highest BCUT2D eigenvalue weighted by Crippen LogP contribution is 2.10. The first-order valence-electron chi connectivity index (χ1n) is 5.48. The first-order chi connectivity index (χ1) is 8.40. The van der Waals surface area contributed by atoms with Gasteiger partial charge < -0.3 is 9.30 Å². The Morgan fingerprint density at radius 3 is 2.72 bits per heavy atom. The van der Waals surface area contributed by atoms with E-state index in [-0.39, 0.29) is 11.1 Å². The SMILES string of the molecule is COCCC(CBr)NS(=O)(=O)c1cn(C)c(C)n1. The maximum atomic E-state index is 12.1. The summed E-state index contributed by atoms with van der Waals surface area (Å²) in [5.41, 5.74) is 0. The van der Waals surface area contributed by atoms with E-state index in [2.05, 4.69) is 25.6 Å². The van der Waals surface area contributed by atoms with E-state index >= 15 is 0 Å². The maximum absolute atomic E-state index is 12.1. The lowest BCUT2D eigenvalue weighted by molar-refractivity contribution is 0.188. The van der Waals surface area contributed by atoms with Gasteiger partial charge in [-0.3, -0.25) is 0 Å². The third-order valence-corrected chi connectivity index (χ3v) is 4.71. The van der Waals surface area contributed by atoms with Crippen molar-refractivity contribution in [3.63, 3.8) is 0 Å². The Balaban J connectivity index is 2.80. The summed E-state index contributed by atoms with van der Waals surface area (Å²) in [6, 6.07) is -0.211. The lowest BCUT2D eigenvalue weighted by atomic mass is 10.3. The number of ether oxygens (including phenoxy) is 1. The second-order valence-corrected chi connectivity index (χ2v) is 6.30. The third kappa shape index (κ3) is 4.04. The van der Waals surface area contributed by atoms with Crippen molar-refractivity contribution in [1.82, 2.24) is 14.3 Å². The van der Waals surface area contributed by atoms with Crippen LogP contribution in [0.2, 0.25) is 0 Å². The van der Waals surface area contributed by atoms with Gasteiger partial charge in [0.05, 0.1) is 0 Å². The normalized spacial score (nSPS) is 13.8. The van der Waals surface area contributed by atoms with Gasteiger partial charge in [0.2, 0.25) is 0 Å². The summed E-state index contributed by atoms with van der Waals surface area (Å²) in [6.07, 6.45) is 2.10. The molecule has 0 aromatic carbocycles. The quantitative estimate of drug-likeness (QED) is 0.746. The lowest BCUT2D eigenvalue weighted by Crippen LogP contribution is -2.37. The number of rotatable bonds is 7. The van der Waals surface area contributed by atoms with Gasteiger partial charge in [0, 0.05) is 38.3 Å². The summed E-state index contributed by atoms with van der Waals surface area (Å²) in [6.45, 7) is 2.26. The predicted molar refractivity (Wildman–Crippen MR) is 72.3 cm³/mol. The fourth-order valence-corrected chi connectivity index (χ4v) is 3.37. The first kappa shape index (κ1) is 15.6. The zero-order chi connectivity index (χ0) is 13.8. The molecule has 1 N–H and O–H groups in total. The fraction of sp³-hybridized carbons (Fsp3) is 0.700. The number of sulfonamides is 1. The van der Waals surface area contributed by atoms with Crippen molar-refractivity contribution < 1.29 is 13.2 Å². The van der Waals surface area contributed by atoms with Crippen LogP contribution in [0, 0.1) is 6.92 Å². The number of imidazole rings is 1. The largest absolute Gasteiger partial charge is 0.385 e. The number of hydrogen-bond donors (Lipinski definition) is 1. The summed E-state index contributed by atoms with van der Waals surface area (Å²) in [4.78, 5) is 4.02. The molecule has 8 heteroatoms. The van der Waals surface area contributed by atoms with Crippen LogP contribution in [-0.2, 0) is 21.8 Å². The molecule has 1 unspecified atom stereocenters. The van der Waals surface area contributed by atoms with Crippen molar-refractivity contribution in [1.29, 1.82) is 0 Å². The highest BCUT2D eigenvalue weighted by atomic mass is 79.9. The van der Waals surface area contributed by atoms with E-state index in [1.165, 1.54) is 6.20 Å². The molecule has 0 bridgehead atoms. The van der Waals surface area contributed by atoms with Crippen LogP contribution >= 0.6 is 15.9 Å². The number of nitrogens with one attached hydrogen (secondary N) is 1. The highest BCUT2D eigenvalue weighted by molar-refractivity contribution is 9.09. The van der Waals surface area contributed by atoms with Crippen LogP contribution in [0.4, 0.5) is 0 Å². The number of halogens is 1. The summed E-state index contributed by atoms with van der Waals surface area (Å²) < 4.78 is 33.4. The molecule has 104 valence electrons. The highest BCUT2D eigenvalue weighted by Gasteiger charge is 2.22. The molecule has 0 saturated carbocycles. The van der Waals surface area contributed by atoms with Gasteiger partial charge in [-0.2, -0.15) is 0 Å². The monoisotopic (exact) mass is 339 g/mol. The van der Waals surface area contributed by atoms with Crippen molar-refractivity contribution in [3.8, 4) is 0 Å². The van der Waals surface area contributed by atoms with Crippen molar-refractivity contribution in [2.75, 3.05) is 19.0 Å². The van der Waals surface area contributed by atoms with E-state index < -0.39 is 10.0 Å². The average Bonchev–Trinajstić information content (AvgIpc) is 2.66. The summed E-state index contributed by atoms with van der Waals surface area (Å²) in [5.74, 6) is 0.655. The number of aryl methyl sites for hydroxylation is 2. The lowest BCUT2D eigenvalue weighted by Gasteiger charge is -2.14. The van der Waals surface area contributed by atoms with Crippen LogP contribution < -0.4 is 4.72 Å². The molecule has 0 radical (unpaired) electrons. The minimum atomic E-state index is -3.57. The van der Waals surface area contributed by atoms with E-state index in [9.17, 15) is 8.42 Å². The Bertz CT molecular complexity index is 467. The number of aromatic nitrogens is 2. The van der Waals surface area contributed by atoms with E-state index in [0.717, 1.165) is 0 Å². The standard InChI is InChI=1S/C10H18BrN3O3S/c1-8-12-10(7-14(8)2)18(15,16)13-9(6-11)4-5-17-3/h7,9,13H,4-6H2,1-3H3. The van der Waals surface area contributed by atoms with Gasteiger partial charge in [-0.1, -0.05) is 15.9 Å². The molecule has 0 amide bonds. The van der Waals surface area contributed by atoms with Gasteiger partial charge in [0.25, 0.3) is 10.0 Å². The molecule has 0 aliphatic heterocycles. The Hall–Kier alpha value is -0.440. The van der Waals surface area contributed by atoms with Crippen LogP contribution in [0.3, 0.4) is 0 Å². The fourth-order valence-electron chi connectivity index (χ4n) is 1.36. The van der Waals surface area contributed by atoms with E-state index in [1.807, 2.05) is 0 Å². The Morgan fingerprint density at radius 2 is 2.28 bits per heavy atom. The molecule has 0 saturated heterocycles. The topological polar surface area (TPSA) is 73.2 Å². The zero-order valence-corrected chi connectivity index (χ0v) is 13.1. The number of hydrogen-bond acceptors (Lipinski definition) is 4. The smallest absolute Gasteiger partial charge is 0.259 e. The minimum Gasteiger partial charge on any atom is -0.385 e. The Morgan fingerprint density at radius 1 is 1.61 bits per heavy atom. The molecular formula is C10H18BrN3O3S. The average molecular weight is 340 g/mol. The molecular weight excluding hydrogens is 322 g/mol. The molecule has 1 heterocycles. The maximum Gasteiger partial charge on any atom is 0.259 e. The Labute approximate surface area is 116 Å². The van der Waals surface area contributed by atoms with Gasteiger partial charge >= 0.3 is 0 Å². The van der Waals surface area contributed by atoms with Crippen molar-refractivity contribution in [2.45, 2.75) is 24.4 Å². The molecule has 0 fully saturated rings. The first-order valence-corrected chi connectivity index (χ1v) is 8.08. The Kier molecular flexibility index (Phi) is 5.77. The summed E-state index contributed by atoms with van der Waals surface area (Å²) in [7, 11) is -0.228. The minimum absolute atomic E-state index is 0.0471. The van der Waals surface area contributed by atoms with Crippen LogP contribution in [0.15, 0.2) is 11.2 Å². The molecule has 0 spiro atoms. The van der Waals surface area contributed by atoms with Gasteiger partial charge in [-0.15, -0.1) is 0 Å². The van der Waals surface area contributed by atoms with Crippen LogP contribution in [0.25, 0.3) is 0 Å². The molecule has 0 aliphatic rings. The van der Waals surface area contributed by atoms with Crippen molar-refractivity contribution >= 4 is 26.0 Å². The number of nitrogens with zero attached hydrogens (tertiary/aromatic N) is 2. The van der Waals surface area contributed by atoms with E-state index in [4.69, 9.17) is 4.74 Å². The molecule has 1 aromatic heterocycles. The van der Waals surface area contributed by atoms with Crippen molar-refractivity contribution in [3.05, 3.63) is 12.0 Å². The molecule has 1 rings (SSSR count). The summed E-state index contributed by atoms with van der Waals surface area (Å²) >= 11 is 3.28. The van der Waals surface area contributed by atoms with Crippen LogP contribution in [-0.4, -0.2) is 43.1 Å². The van der Waals surface area contributed by atoms with Crippen LogP contribution in [0.1, 0.15) is 12.2 Å². The summed E-state index contributed by atoms with van der Waals surface area (Å²) in [5, 5.41) is 0.576. The molecule has 6 nitrogen and oxygen atoms in total. The zero-order valence-electron chi connectivity index (χ0n) is 10.7. The number of alkyl halides is 1. The third-order valence-electron chi connectivity index (χ3n) is 2.54. The van der Waals surface area contributed by atoms with Crippen molar-refractivity contribution in [2.24, 2.45) is 7.05 Å². The van der Waals surface area contributed by atoms with Gasteiger partial charge in [-0.25, -0.2) is 18.1 Å². The van der Waals surface area contributed by atoms with Gasteiger partial charge in [-0.05, 0) is 13.3 Å². The molecule has 0 aliphatic carbocycles. The second kappa shape index (κ2) is 6.65.